The topological polar surface area (TPSA) is 66.5 Å². The zero-order valence-corrected chi connectivity index (χ0v) is 15.2. The van der Waals surface area contributed by atoms with Gasteiger partial charge in [-0.25, -0.2) is 0 Å². The molecule has 2 aliphatic carbocycles. The van der Waals surface area contributed by atoms with E-state index in [4.69, 9.17) is 0 Å². The van der Waals surface area contributed by atoms with E-state index in [1.165, 1.54) is 24.2 Å². The van der Waals surface area contributed by atoms with Gasteiger partial charge in [-0.15, -0.1) is 0 Å². The lowest BCUT2D eigenvalue weighted by Crippen LogP contribution is -2.59. The van der Waals surface area contributed by atoms with Crippen molar-refractivity contribution in [2.24, 2.45) is 16.7 Å². The Morgan fingerprint density at radius 3 is 2.46 bits per heavy atom. The Bertz CT molecular complexity index is 551. The number of piperidine rings is 1. The van der Waals surface area contributed by atoms with Gasteiger partial charge in [-0.2, -0.15) is 0 Å². The van der Waals surface area contributed by atoms with Crippen LogP contribution in [0.3, 0.4) is 0 Å². The predicted molar refractivity (Wildman–Crippen MR) is 91.0 cm³/mol. The van der Waals surface area contributed by atoms with Gasteiger partial charge in [-0.05, 0) is 31.1 Å². The fourth-order valence-corrected chi connectivity index (χ4v) is 4.87. The summed E-state index contributed by atoms with van der Waals surface area (Å²) in [4.78, 5) is 39.2. The fourth-order valence-electron chi connectivity index (χ4n) is 4.87. The van der Waals surface area contributed by atoms with Crippen molar-refractivity contribution in [2.45, 2.75) is 78.2 Å². The van der Waals surface area contributed by atoms with Crippen LogP contribution >= 0.6 is 0 Å². The van der Waals surface area contributed by atoms with Crippen LogP contribution in [0.5, 0.6) is 0 Å². The lowest BCUT2D eigenvalue weighted by molar-refractivity contribution is -0.167. The third kappa shape index (κ3) is 2.66. The molecule has 0 spiro atoms. The van der Waals surface area contributed by atoms with Gasteiger partial charge in [0.05, 0.1) is 5.41 Å². The second kappa shape index (κ2) is 6.16. The Kier molecular flexibility index (Phi) is 4.47. The molecule has 3 amide bonds. The van der Waals surface area contributed by atoms with E-state index in [0.29, 0.717) is 0 Å². The summed E-state index contributed by atoms with van der Waals surface area (Å²) in [5.74, 6) is -0.298. The maximum atomic E-state index is 12.9. The van der Waals surface area contributed by atoms with Gasteiger partial charge < -0.3 is 5.32 Å². The number of likely N-dealkylation sites (tertiary alicyclic amines) is 1. The van der Waals surface area contributed by atoms with Gasteiger partial charge in [-0.3, -0.25) is 19.3 Å². The average molecular weight is 334 g/mol. The lowest BCUT2D eigenvalue weighted by Gasteiger charge is -2.47. The van der Waals surface area contributed by atoms with Crippen molar-refractivity contribution in [1.29, 1.82) is 0 Å². The third-order valence-electron chi connectivity index (χ3n) is 7.04. The van der Waals surface area contributed by atoms with Crippen LogP contribution in [0.15, 0.2) is 0 Å². The van der Waals surface area contributed by atoms with Crippen LogP contribution in [0, 0.1) is 16.7 Å². The van der Waals surface area contributed by atoms with Crippen LogP contribution in [0.25, 0.3) is 0 Å². The quantitative estimate of drug-likeness (QED) is 0.804. The molecule has 134 valence electrons. The highest BCUT2D eigenvalue weighted by Gasteiger charge is 2.64. The van der Waals surface area contributed by atoms with Gasteiger partial charge in [0.2, 0.25) is 17.7 Å². The predicted octanol–water partition coefficient (Wildman–Crippen LogP) is 2.64. The van der Waals surface area contributed by atoms with Crippen LogP contribution in [0.2, 0.25) is 0 Å². The minimum Gasteiger partial charge on any atom is -0.353 e. The van der Waals surface area contributed by atoms with E-state index in [1.54, 1.807) is 0 Å². The summed E-state index contributed by atoms with van der Waals surface area (Å²) in [7, 11) is 0. The summed E-state index contributed by atoms with van der Waals surface area (Å²) in [6.07, 6.45) is 7.44. The first-order valence-corrected chi connectivity index (χ1v) is 9.42. The molecule has 0 aromatic heterocycles. The van der Waals surface area contributed by atoms with E-state index in [0.717, 1.165) is 25.7 Å². The number of rotatable bonds is 4. The number of carbonyl (C=O) groups is 3. The van der Waals surface area contributed by atoms with Crippen molar-refractivity contribution < 1.29 is 14.4 Å². The highest BCUT2D eigenvalue weighted by molar-refractivity contribution is 6.04. The molecule has 3 fully saturated rings. The van der Waals surface area contributed by atoms with Crippen LogP contribution in [-0.4, -0.2) is 35.2 Å². The van der Waals surface area contributed by atoms with E-state index in [-0.39, 0.29) is 48.1 Å². The first-order chi connectivity index (χ1) is 11.3. The molecular weight excluding hydrogens is 304 g/mol. The molecule has 0 aromatic rings. The lowest BCUT2D eigenvalue weighted by atomic mass is 9.62. The molecule has 24 heavy (non-hydrogen) atoms. The Labute approximate surface area is 144 Å². The zero-order chi connectivity index (χ0) is 17.5. The van der Waals surface area contributed by atoms with Crippen LogP contribution < -0.4 is 5.32 Å². The third-order valence-corrected chi connectivity index (χ3v) is 7.04. The minimum atomic E-state index is -0.481. The first-order valence-electron chi connectivity index (χ1n) is 9.42. The normalized spacial score (nSPS) is 33.0. The number of hydrogen-bond acceptors (Lipinski definition) is 3. The molecule has 1 saturated heterocycles. The van der Waals surface area contributed by atoms with Crippen molar-refractivity contribution in [3.63, 3.8) is 0 Å². The molecule has 2 bridgehead atoms. The first kappa shape index (κ1) is 17.4. The van der Waals surface area contributed by atoms with E-state index in [1.807, 2.05) is 20.8 Å². The van der Waals surface area contributed by atoms with Crippen LogP contribution in [0.4, 0.5) is 0 Å². The molecule has 5 nitrogen and oxygen atoms in total. The number of carbonyl (C=O) groups excluding carboxylic acids is 3. The van der Waals surface area contributed by atoms with Gasteiger partial charge in [0.15, 0.2) is 0 Å². The molecule has 5 heteroatoms. The zero-order valence-electron chi connectivity index (χ0n) is 15.2. The van der Waals surface area contributed by atoms with Gasteiger partial charge in [0.25, 0.3) is 0 Å². The van der Waals surface area contributed by atoms with E-state index in [2.05, 4.69) is 5.32 Å². The molecule has 2 unspecified atom stereocenters. The molecule has 2 saturated carbocycles. The average Bonchev–Trinajstić information content (AvgIpc) is 2.72. The fraction of sp³-hybridized carbons (Fsp3) is 0.842. The molecule has 3 rings (SSSR count). The number of nitrogens with zero attached hydrogens (tertiary/aromatic N) is 1. The van der Waals surface area contributed by atoms with E-state index in [9.17, 15) is 14.4 Å². The minimum absolute atomic E-state index is 0.0372. The van der Waals surface area contributed by atoms with E-state index < -0.39 is 5.41 Å². The Balaban J connectivity index is 1.60. The van der Waals surface area contributed by atoms with Crippen molar-refractivity contribution in [1.82, 2.24) is 10.2 Å². The molecule has 1 N–H and O–H groups in total. The SMILES string of the molecule is CC12CCC(C(=O)N(CCC(=O)NC3CCCCC3)C1=O)C2(C)C. The largest absolute Gasteiger partial charge is 0.353 e. The molecule has 0 aromatic carbocycles. The number of fused-ring (bicyclic) bond motifs is 2. The summed E-state index contributed by atoms with van der Waals surface area (Å²) < 4.78 is 0. The van der Waals surface area contributed by atoms with E-state index >= 15 is 0 Å². The maximum Gasteiger partial charge on any atom is 0.235 e. The molecule has 1 aliphatic heterocycles. The van der Waals surface area contributed by atoms with Crippen molar-refractivity contribution >= 4 is 17.7 Å². The van der Waals surface area contributed by atoms with Gasteiger partial charge in [0, 0.05) is 24.9 Å². The summed E-state index contributed by atoms with van der Waals surface area (Å²) in [5, 5.41) is 3.06. The van der Waals surface area contributed by atoms with Gasteiger partial charge >= 0.3 is 0 Å². The second-order valence-electron chi connectivity index (χ2n) is 8.59. The highest BCUT2D eigenvalue weighted by atomic mass is 16.2. The standard InChI is InChI=1S/C19H30N2O3/c1-18(2)14-9-11-19(18,3)17(24)21(16(14)23)12-10-15(22)20-13-7-5-4-6-8-13/h13-14H,4-12H2,1-3H3,(H,20,22). The summed E-state index contributed by atoms with van der Waals surface area (Å²) in [6.45, 7) is 6.27. The van der Waals surface area contributed by atoms with Gasteiger partial charge in [0.1, 0.15) is 0 Å². The Hall–Kier alpha value is -1.39. The number of hydrogen-bond donors (Lipinski definition) is 1. The highest BCUT2D eigenvalue weighted by Crippen LogP contribution is 2.59. The smallest absolute Gasteiger partial charge is 0.235 e. The number of imide groups is 1. The summed E-state index contributed by atoms with van der Waals surface area (Å²) >= 11 is 0. The molecule has 3 aliphatic rings. The van der Waals surface area contributed by atoms with Crippen molar-refractivity contribution in [2.75, 3.05) is 6.54 Å². The number of nitrogens with one attached hydrogen (secondary N) is 1. The van der Waals surface area contributed by atoms with Crippen molar-refractivity contribution in [3.05, 3.63) is 0 Å². The Morgan fingerprint density at radius 1 is 1.12 bits per heavy atom. The number of amides is 3. The Morgan fingerprint density at radius 2 is 1.79 bits per heavy atom. The molecule has 2 atom stereocenters. The van der Waals surface area contributed by atoms with Gasteiger partial charge in [-0.1, -0.05) is 40.0 Å². The summed E-state index contributed by atoms with van der Waals surface area (Å²) in [6, 6.07) is 0.270. The summed E-state index contributed by atoms with van der Waals surface area (Å²) in [5.41, 5.74) is -0.770. The molecule has 1 heterocycles. The monoisotopic (exact) mass is 334 g/mol. The van der Waals surface area contributed by atoms with Crippen LogP contribution in [0.1, 0.15) is 72.1 Å². The van der Waals surface area contributed by atoms with Crippen LogP contribution in [-0.2, 0) is 14.4 Å². The van der Waals surface area contributed by atoms with Crippen molar-refractivity contribution in [3.8, 4) is 0 Å². The molecular formula is C19H30N2O3. The maximum absolute atomic E-state index is 12.9. The second-order valence-corrected chi connectivity index (χ2v) is 8.59. The molecule has 0 radical (unpaired) electrons.